The molecule has 4 nitrogen and oxygen atoms in total. The molecule has 1 N–H and O–H groups in total. The third-order valence-electron chi connectivity index (χ3n) is 3.45. The molecule has 0 bridgehead atoms. The Morgan fingerprint density at radius 3 is 2.68 bits per heavy atom. The Bertz CT molecular complexity index is 558. The van der Waals surface area contributed by atoms with Crippen LogP contribution in [0.5, 0.6) is 0 Å². The van der Waals surface area contributed by atoms with Gasteiger partial charge in [-0.05, 0) is 36.1 Å². The summed E-state index contributed by atoms with van der Waals surface area (Å²) in [6, 6.07) is 6.26. The van der Waals surface area contributed by atoms with E-state index in [1.165, 1.54) is 15.4 Å². The molecule has 0 amide bonds. The maximum Gasteiger partial charge on any atom is 0.214 e. The Balaban J connectivity index is 1.85. The summed E-state index contributed by atoms with van der Waals surface area (Å²) in [4.78, 5) is 0. The van der Waals surface area contributed by atoms with E-state index in [4.69, 9.17) is 11.6 Å². The van der Waals surface area contributed by atoms with Crippen LogP contribution < -0.4 is 5.32 Å². The van der Waals surface area contributed by atoms with Crippen molar-refractivity contribution in [3.63, 3.8) is 0 Å². The molecule has 1 aliphatic rings. The fraction of sp³-hybridized carbons (Fsp3) is 0.538. The van der Waals surface area contributed by atoms with Gasteiger partial charge in [-0.2, -0.15) is 0 Å². The zero-order valence-corrected chi connectivity index (χ0v) is 12.8. The Morgan fingerprint density at radius 2 is 2.00 bits per heavy atom. The second kappa shape index (κ2) is 5.79. The van der Waals surface area contributed by atoms with Gasteiger partial charge in [0.05, 0.1) is 5.75 Å². The van der Waals surface area contributed by atoms with Crippen molar-refractivity contribution in [1.29, 1.82) is 0 Å². The minimum atomic E-state index is -3.11. The van der Waals surface area contributed by atoms with Crippen molar-refractivity contribution in [3.05, 3.63) is 34.3 Å². The molecular weight excluding hydrogens is 284 g/mol. The summed E-state index contributed by atoms with van der Waals surface area (Å²) in [5, 5.41) is 4.07. The van der Waals surface area contributed by atoms with E-state index in [0.717, 1.165) is 17.9 Å². The SMILES string of the molecule is CN(C)S(=O)(=O)CCNC1Cc2ccc(Cl)cc2C1. The number of sulfonamides is 1. The zero-order chi connectivity index (χ0) is 14.0. The minimum absolute atomic E-state index is 0.133. The molecule has 1 unspecified atom stereocenters. The molecule has 0 fully saturated rings. The molecule has 1 aromatic carbocycles. The van der Waals surface area contributed by atoms with Gasteiger partial charge in [0.25, 0.3) is 0 Å². The van der Waals surface area contributed by atoms with Crippen molar-refractivity contribution in [1.82, 2.24) is 9.62 Å². The van der Waals surface area contributed by atoms with Gasteiger partial charge in [-0.1, -0.05) is 17.7 Å². The highest BCUT2D eigenvalue weighted by Crippen LogP contribution is 2.25. The Morgan fingerprint density at radius 1 is 1.32 bits per heavy atom. The molecule has 19 heavy (non-hydrogen) atoms. The van der Waals surface area contributed by atoms with Crippen LogP contribution in [-0.4, -0.2) is 45.2 Å². The van der Waals surface area contributed by atoms with E-state index in [1.54, 1.807) is 14.1 Å². The van der Waals surface area contributed by atoms with Crippen LogP contribution in [0.3, 0.4) is 0 Å². The largest absolute Gasteiger partial charge is 0.312 e. The monoisotopic (exact) mass is 302 g/mol. The van der Waals surface area contributed by atoms with Gasteiger partial charge in [-0.3, -0.25) is 0 Å². The van der Waals surface area contributed by atoms with Crippen LogP contribution in [0.1, 0.15) is 11.1 Å². The van der Waals surface area contributed by atoms with Gasteiger partial charge in [-0.25, -0.2) is 12.7 Å². The highest BCUT2D eigenvalue weighted by Gasteiger charge is 2.22. The predicted octanol–water partition coefficient (Wildman–Crippen LogP) is 1.29. The standard InChI is InChI=1S/C13H19ClN2O2S/c1-16(2)19(17,18)6-5-15-13-8-10-3-4-12(14)7-11(10)9-13/h3-4,7,13,15H,5-6,8-9H2,1-2H3. The topological polar surface area (TPSA) is 49.4 Å². The second-order valence-electron chi connectivity index (χ2n) is 5.07. The van der Waals surface area contributed by atoms with Crippen molar-refractivity contribution >= 4 is 21.6 Å². The molecule has 0 aromatic heterocycles. The summed E-state index contributed by atoms with van der Waals surface area (Å²) in [6.45, 7) is 0.479. The smallest absolute Gasteiger partial charge is 0.214 e. The lowest BCUT2D eigenvalue weighted by atomic mass is 10.1. The molecule has 0 heterocycles. The van der Waals surface area contributed by atoms with Gasteiger partial charge >= 0.3 is 0 Å². The highest BCUT2D eigenvalue weighted by atomic mass is 35.5. The highest BCUT2D eigenvalue weighted by molar-refractivity contribution is 7.89. The van der Waals surface area contributed by atoms with Gasteiger partial charge in [0.2, 0.25) is 10.0 Å². The fourth-order valence-electron chi connectivity index (χ4n) is 2.31. The van der Waals surface area contributed by atoms with E-state index in [9.17, 15) is 8.42 Å². The van der Waals surface area contributed by atoms with Crippen molar-refractivity contribution < 1.29 is 8.42 Å². The van der Waals surface area contributed by atoms with Crippen LogP contribution >= 0.6 is 11.6 Å². The summed E-state index contributed by atoms with van der Waals surface area (Å²) >= 11 is 5.96. The van der Waals surface area contributed by atoms with Crippen molar-refractivity contribution in [3.8, 4) is 0 Å². The lowest BCUT2D eigenvalue weighted by Gasteiger charge is -2.14. The molecule has 2 rings (SSSR count). The van der Waals surface area contributed by atoms with Gasteiger partial charge in [0.15, 0.2) is 0 Å². The number of rotatable bonds is 5. The van der Waals surface area contributed by atoms with E-state index in [2.05, 4.69) is 11.4 Å². The summed E-state index contributed by atoms with van der Waals surface area (Å²) in [5.74, 6) is 0.133. The van der Waals surface area contributed by atoms with Crippen LogP contribution in [0, 0.1) is 0 Å². The second-order valence-corrected chi connectivity index (χ2v) is 7.81. The van der Waals surface area contributed by atoms with Crippen LogP contribution in [0.15, 0.2) is 18.2 Å². The van der Waals surface area contributed by atoms with E-state index in [-0.39, 0.29) is 5.75 Å². The molecule has 0 saturated heterocycles. The molecule has 1 aromatic rings. The van der Waals surface area contributed by atoms with Crippen LogP contribution in [0.4, 0.5) is 0 Å². The van der Waals surface area contributed by atoms with Crippen LogP contribution in [0.25, 0.3) is 0 Å². The third kappa shape index (κ3) is 3.69. The summed E-state index contributed by atoms with van der Waals surface area (Å²) in [7, 11) is 0.00227. The van der Waals surface area contributed by atoms with E-state index < -0.39 is 10.0 Å². The first-order valence-corrected chi connectivity index (χ1v) is 8.28. The molecule has 0 saturated carbocycles. The number of nitrogens with zero attached hydrogens (tertiary/aromatic N) is 1. The molecule has 0 radical (unpaired) electrons. The third-order valence-corrected chi connectivity index (χ3v) is 5.52. The first kappa shape index (κ1) is 14.8. The Labute approximate surface area is 119 Å². The first-order valence-electron chi connectivity index (χ1n) is 6.29. The van der Waals surface area contributed by atoms with E-state index in [1.807, 2.05) is 12.1 Å². The number of halogens is 1. The molecule has 1 aliphatic carbocycles. The van der Waals surface area contributed by atoms with Gasteiger partial charge in [0.1, 0.15) is 0 Å². The maximum absolute atomic E-state index is 11.6. The number of fused-ring (bicyclic) bond motifs is 1. The Hall–Kier alpha value is -0.620. The average Bonchev–Trinajstić information content (AvgIpc) is 2.70. The molecular formula is C13H19ClN2O2S. The summed E-state index contributed by atoms with van der Waals surface area (Å²) in [5.41, 5.74) is 2.57. The Kier molecular flexibility index (Phi) is 4.50. The van der Waals surface area contributed by atoms with E-state index >= 15 is 0 Å². The average molecular weight is 303 g/mol. The van der Waals surface area contributed by atoms with Crippen molar-refractivity contribution in [2.24, 2.45) is 0 Å². The molecule has 0 aliphatic heterocycles. The molecule has 0 spiro atoms. The number of nitrogens with one attached hydrogen (secondary N) is 1. The van der Waals surface area contributed by atoms with Gasteiger partial charge in [0, 0.05) is 31.7 Å². The number of hydrogen-bond acceptors (Lipinski definition) is 3. The zero-order valence-electron chi connectivity index (χ0n) is 11.2. The quantitative estimate of drug-likeness (QED) is 0.891. The van der Waals surface area contributed by atoms with Crippen LogP contribution in [0.2, 0.25) is 5.02 Å². The lowest BCUT2D eigenvalue weighted by Crippen LogP contribution is -2.36. The van der Waals surface area contributed by atoms with Crippen molar-refractivity contribution in [2.75, 3.05) is 26.4 Å². The number of hydrogen-bond donors (Lipinski definition) is 1. The minimum Gasteiger partial charge on any atom is -0.312 e. The van der Waals surface area contributed by atoms with Gasteiger partial charge < -0.3 is 5.32 Å². The number of benzene rings is 1. The summed E-state index contributed by atoms with van der Waals surface area (Å²) < 4.78 is 24.5. The maximum atomic E-state index is 11.6. The fourth-order valence-corrected chi connectivity index (χ4v) is 3.24. The van der Waals surface area contributed by atoms with Gasteiger partial charge in [-0.15, -0.1) is 0 Å². The van der Waals surface area contributed by atoms with E-state index in [0.29, 0.717) is 12.6 Å². The summed E-state index contributed by atoms with van der Waals surface area (Å²) in [6.07, 6.45) is 1.85. The molecule has 6 heteroatoms. The van der Waals surface area contributed by atoms with Crippen LogP contribution in [-0.2, 0) is 22.9 Å². The molecule has 1 atom stereocenters. The normalized spacial score (nSPS) is 18.8. The molecule has 106 valence electrons. The lowest BCUT2D eigenvalue weighted by molar-refractivity contribution is 0.507. The predicted molar refractivity (Wildman–Crippen MR) is 78.1 cm³/mol. The van der Waals surface area contributed by atoms with Crippen molar-refractivity contribution in [2.45, 2.75) is 18.9 Å². The first-order chi connectivity index (χ1) is 8.88.